The molecule has 0 radical (unpaired) electrons. The van der Waals surface area contributed by atoms with E-state index in [2.05, 4.69) is 27.6 Å². The maximum atomic E-state index is 12.5. The molecule has 1 saturated heterocycles. The molecule has 2 aromatic rings. The van der Waals surface area contributed by atoms with E-state index in [9.17, 15) is 29.4 Å². The molecular weight excluding hydrogens is 542 g/mol. The number of urea groups is 1. The fourth-order valence-electron chi connectivity index (χ4n) is 5.54. The average molecular weight is 578 g/mol. The Hall–Kier alpha value is -4.84. The number of carboxylic acids is 2. The Balaban J connectivity index is 1.31. The Bertz CT molecular complexity index is 1410. The number of piperidine rings is 1. The van der Waals surface area contributed by atoms with Crippen molar-refractivity contribution in [1.82, 2.24) is 21.1 Å². The van der Waals surface area contributed by atoms with Crippen LogP contribution in [-0.2, 0) is 14.4 Å². The van der Waals surface area contributed by atoms with Gasteiger partial charge in [-0.15, -0.1) is 0 Å². The molecule has 2 aliphatic rings. The van der Waals surface area contributed by atoms with E-state index in [4.69, 9.17) is 4.74 Å². The van der Waals surface area contributed by atoms with Crippen LogP contribution < -0.4 is 26.2 Å². The van der Waals surface area contributed by atoms with Crippen molar-refractivity contribution in [1.29, 1.82) is 0 Å². The molecule has 2 heterocycles. The van der Waals surface area contributed by atoms with Crippen LogP contribution in [0.15, 0.2) is 71.1 Å². The fourth-order valence-corrected chi connectivity index (χ4v) is 5.54. The number of nitrogens with one attached hydrogen (secondary N) is 4. The normalized spacial score (nSPS) is 16.5. The van der Waals surface area contributed by atoms with Crippen LogP contribution in [0.25, 0.3) is 0 Å². The third-order valence-corrected chi connectivity index (χ3v) is 7.53. The Morgan fingerprint density at radius 2 is 1.52 bits per heavy atom. The number of allylic oxidation sites excluding steroid dienone is 2. The summed E-state index contributed by atoms with van der Waals surface area (Å²) < 4.78 is 5.32. The van der Waals surface area contributed by atoms with E-state index >= 15 is 0 Å². The number of carbonyl (C=O) groups is 4. The summed E-state index contributed by atoms with van der Waals surface area (Å²) >= 11 is 0. The molecule has 0 unspecified atom stereocenters. The highest BCUT2D eigenvalue weighted by Gasteiger charge is 2.36. The van der Waals surface area contributed by atoms with Gasteiger partial charge in [-0.05, 0) is 81.1 Å². The summed E-state index contributed by atoms with van der Waals surface area (Å²) in [6, 6.07) is 13.6. The number of benzene rings is 2. The van der Waals surface area contributed by atoms with Gasteiger partial charge in [-0.2, -0.15) is 0 Å². The number of nitrogens with zero attached hydrogens (tertiary/aromatic N) is 1. The van der Waals surface area contributed by atoms with Crippen LogP contribution >= 0.6 is 0 Å². The van der Waals surface area contributed by atoms with Crippen LogP contribution in [0.2, 0.25) is 0 Å². The molecule has 0 saturated carbocycles. The number of hydrazine groups is 1. The number of hydrogen-bond donors (Lipinski definition) is 6. The van der Waals surface area contributed by atoms with Crippen LogP contribution in [0.1, 0.15) is 49.7 Å². The van der Waals surface area contributed by atoms with E-state index in [1.165, 1.54) is 11.6 Å². The van der Waals surface area contributed by atoms with Crippen molar-refractivity contribution in [3.05, 3.63) is 82.2 Å². The molecule has 6 N–H and O–H groups in total. The van der Waals surface area contributed by atoms with Gasteiger partial charge in [-0.25, -0.2) is 19.8 Å². The zero-order valence-corrected chi connectivity index (χ0v) is 23.7. The third-order valence-electron chi connectivity index (χ3n) is 7.53. The molecule has 0 spiro atoms. The Morgan fingerprint density at radius 3 is 2.14 bits per heavy atom. The standard InChI is InChI=1S/C30H35N5O7/c1-17-25(28(37)38)27(26(29(39)40)18(2)31-17)21-7-4-8-22(14-21)32-30(41)34-33-24(36)16-35-12-10-19(11-13-35)20-6-5-9-23(15-20)42-3/h4-9,14-15,19,27,31H,10-13,16H2,1-3H3,(H,33,36)(H,37,38)(H,39,40)(H2,32,34,41). The number of carboxylic acid groups (broad SMARTS) is 2. The highest BCUT2D eigenvalue weighted by Crippen LogP contribution is 2.39. The highest BCUT2D eigenvalue weighted by atomic mass is 16.5. The minimum Gasteiger partial charge on any atom is -0.497 e. The number of methoxy groups -OCH3 is 1. The maximum absolute atomic E-state index is 12.5. The molecule has 0 atom stereocenters. The number of aliphatic carboxylic acids is 2. The number of ether oxygens (including phenoxy) is 1. The molecule has 222 valence electrons. The topological polar surface area (TPSA) is 169 Å². The quantitative estimate of drug-likeness (QED) is 0.258. The van der Waals surface area contributed by atoms with E-state index in [1.54, 1.807) is 39.2 Å². The molecule has 12 heteroatoms. The molecule has 0 bridgehead atoms. The van der Waals surface area contributed by atoms with Crippen molar-refractivity contribution in [3.63, 3.8) is 0 Å². The first-order valence-electron chi connectivity index (χ1n) is 13.5. The number of likely N-dealkylation sites (tertiary alicyclic amines) is 1. The largest absolute Gasteiger partial charge is 0.497 e. The lowest BCUT2D eigenvalue weighted by molar-refractivity contribution is -0.133. The summed E-state index contributed by atoms with van der Waals surface area (Å²) in [6.45, 7) is 4.75. The van der Waals surface area contributed by atoms with Crippen molar-refractivity contribution < 1.29 is 34.1 Å². The second-order valence-corrected chi connectivity index (χ2v) is 10.3. The van der Waals surface area contributed by atoms with Gasteiger partial charge in [0.05, 0.1) is 30.7 Å². The minimum absolute atomic E-state index is 0.0978. The molecule has 1 fully saturated rings. The van der Waals surface area contributed by atoms with E-state index in [1.807, 2.05) is 23.1 Å². The minimum atomic E-state index is -1.25. The van der Waals surface area contributed by atoms with Crippen LogP contribution in [0.4, 0.5) is 10.5 Å². The fraction of sp³-hybridized carbons (Fsp3) is 0.333. The molecule has 0 aromatic heterocycles. The van der Waals surface area contributed by atoms with Crippen molar-refractivity contribution in [2.45, 2.75) is 38.5 Å². The predicted molar refractivity (Wildman–Crippen MR) is 155 cm³/mol. The van der Waals surface area contributed by atoms with Gasteiger partial charge in [-0.1, -0.05) is 24.3 Å². The SMILES string of the molecule is COc1cccc(C2CCN(CC(=O)NNC(=O)Nc3cccc(C4C(C(=O)O)=C(C)NC(C)=C4C(=O)O)c3)CC2)c1. The second kappa shape index (κ2) is 13.2. The first-order chi connectivity index (χ1) is 20.1. The van der Waals surface area contributed by atoms with Gasteiger partial charge >= 0.3 is 18.0 Å². The summed E-state index contributed by atoms with van der Waals surface area (Å²) in [4.78, 5) is 51.1. The lowest BCUT2D eigenvalue weighted by Gasteiger charge is -2.31. The monoisotopic (exact) mass is 577 g/mol. The van der Waals surface area contributed by atoms with E-state index < -0.39 is 23.9 Å². The van der Waals surface area contributed by atoms with Crippen molar-refractivity contribution >= 4 is 29.6 Å². The Morgan fingerprint density at radius 1 is 0.905 bits per heavy atom. The molecule has 0 aliphatic carbocycles. The van der Waals surface area contributed by atoms with Gasteiger partial charge in [0.25, 0.3) is 5.91 Å². The van der Waals surface area contributed by atoms with E-state index in [0.29, 0.717) is 28.6 Å². The van der Waals surface area contributed by atoms with E-state index in [0.717, 1.165) is 31.7 Å². The zero-order valence-electron chi connectivity index (χ0n) is 23.7. The lowest BCUT2D eigenvalue weighted by Crippen LogP contribution is -2.48. The van der Waals surface area contributed by atoms with Gasteiger partial charge in [0.15, 0.2) is 0 Å². The summed E-state index contributed by atoms with van der Waals surface area (Å²) in [7, 11) is 1.64. The number of dihydropyridines is 1. The maximum Gasteiger partial charge on any atom is 0.337 e. The lowest BCUT2D eigenvalue weighted by atomic mass is 9.80. The predicted octanol–water partition coefficient (Wildman–Crippen LogP) is 3.13. The first kappa shape index (κ1) is 30.1. The molecule has 12 nitrogen and oxygen atoms in total. The molecular formula is C30H35N5O7. The summed E-state index contributed by atoms with van der Waals surface area (Å²) in [6.07, 6.45) is 1.80. The van der Waals surface area contributed by atoms with Crippen molar-refractivity contribution in [2.24, 2.45) is 0 Å². The third kappa shape index (κ3) is 7.07. The second-order valence-electron chi connectivity index (χ2n) is 10.3. The van der Waals surface area contributed by atoms with Crippen molar-refractivity contribution in [3.8, 4) is 5.75 Å². The number of rotatable bonds is 8. The molecule has 3 amide bonds. The molecule has 2 aromatic carbocycles. The smallest absolute Gasteiger partial charge is 0.337 e. The van der Waals surface area contributed by atoms with Gasteiger partial charge in [-0.3, -0.25) is 15.1 Å². The Labute approximate surface area is 243 Å². The van der Waals surface area contributed by atoms with Gasteiger partial charge in [0, 0.05) is 17.1 Å². The van der Waals surface area contributed by atoms with Crippen LogP contribution in [0, 0.1) is 0 Å². The number of carbonyl (C=O) groups excluding carboxylic acids is 2. The summed E-state index contributed by atoms with van der Waals surface area (Å²) in [5.74, 6) is -2.71. The first-order valence-corrected chi connectivity index (χ1v) is 13.5. The molecule has 42 heavy (non-hydrogen) atoms. The summed E-state index contributed by atoms with van der Waals surface area (Å²) in [5.41, 5.74) is 7.09. The van der Waals surface area contributed by atoms with Crippen LogP contribution in [0.3, 0.4) is 0 Å². The number of anilines is 1. The Kier molecular flexibility index (Phi) is 9.48. The van der Waals surface area contributed by atoms with E-state index in [-0.39, 0.29) is 23.6 Å². The van der Waals surface area contributed by atoms with Crippen LogP contribution in [0.5, 0.6) is 5.75 Å². The van der Waals surface area contributed by atoms with Gasteiger partial charge in [0.2, 0.25) is 0 Å². The highest BCUT2D eigenvalue weighted by molar-refractivity contribution is 5.98. The zero-order chi connectivity index (χ0) is 30.4. The summed E-state index contributed by atoms with van der Waals surface area (Å²) in [5, 5.41) is 25.1. The number of hydrogen-bond acceptors (Lipinski definition) is 7. The molecule has 4 rings (SSSR count). The average Bonchev–Trinajstić information content (AvgIpc) is 2.95. The van der Waals surface area contributed by atoms with Crippen molar-refractivity contribution in [2.75, 3.05) is 32.1 Å². The van der Waals surface area contributed by atoms with Gasteiger partial charge < -0.3 is 25.6 Å². The molecule has 2 aliphatic heterocycles. The number of amides is 3. The van der Waals surface area contributed by atoms with Gasteiger partial charge in [0.1, 0.15) is 5.75 Å². The van der Waals surface area contributed by atoms with Crippen LogP contribution in [-0.4, -0.2) is 65.7 Å².